The van der Waals surface area contributed by atoms with Gasteiger partial charge in [0.05, 0.1) is 11.6 Å². The maximum absolute atomic E-state index is 13.8. The highest BCUT2D eigenvalue weighted by atomic mass is 19.1. The van der Waals surface area contributed by atoms with Crippen LogP contribution in [0.15, 0.2) is 18.2 Å². The summed E-state index contributed by atoms with van der Waals surface area (Å²) in [6.07, 6.45) is 1.62. The standard InChI is InChI=1S/C12H13F2NO/c1-2-12(7-6-10(7)16-15-12)11-8(13)4-3-5-9(11)14/h3-5,7,10,15H,2,6H2,1H3. The van der Waals surface area contributed by atoms with Gasteiger partial charge in [0, 0.05) is 11.5 Å². The van der Waals surface area contributed by atoms with Crippen LogP contribution in [0.3, 0.4) is 0 Å². The lowest BCUT2D eigenvalue weighted by Crippen LogP contribution is -2.41. The van der Waals surface area contributed by atoms with E-state index in [2.05, 4.69) is 5.48 Å². The summed E-state index contributed by atoms with van der Waals surface area (Å²) in [7, 11) is 0. The first-order valence-corrected chi connectivity index (χ1v) is 5.56. The van der Waals surface area contributed by atoms with Crippen LogP contribution in [0.1, 0.15) is 25.3 Å². The van der Waals surface area contributed by atoms with E-state index in [0.717, 1.165) is 6.42 Å². The van der Waals surface area contributed by atoms with Gasteiger partial charge in [-0.3, -0.25) is 4.84 Å². The lowest BCUT2D eigenvalue weighted by atomic mass is 9.83. The van der Waals surface area contributed by atoms with E-state index in [1.54, 1.807) is 0 Å². The number of halogens is 2. The molecule has 1 aromatic rings. The number of benzene rings is 1. The molecular formula is C12H13F2NO. The van der Waals surface area contributed by atoms with Crippen molar-refractivity contribution in [3.63, 3.8) is 0 Å². The van der Waals surface area contributed by atoms with Crippen molar-refractivity contribution in [2.24, 2.45) is 5.92 Å². The number of nitrogens with one attached hydrogen (secondary N) is 1. The Morgan fingerprint density at radius 2 is 2.12 bits per heavy atom. The summed E-state index contributed by atoms with van der Waals surface area (Å²) in [5.74, 6) is -0.792. The van der Waals surface area contributed by atoms with Gasteiger partial charge in [-0.15, -0.1) is 0 Å². The molecule has 1 heterocycles. The average Bonchev–Trinajstić information content (AvgIpc) is 2.96. The third-order valence-corrected chi connectivity index (χ3v) is 3.72. The van der Waals surface area contributed by atoms with Gasteiger partial charge in [-0.05, 0) is 25.0 Å². The lowest BCUT2D eigenvalue weighted by Gasteiger charge is -2.30. The van der Waals surface area contributed by atoms with Crippen molar-refractivity contribution in [2.75, 3.05) is 0 Å². The molecule has 2 aliphatic rings. The van der Waals surface area contributed by atoms with E-state index < -0.39 is 17.2 Å². The Balaban J connectivity index is 2.13. The molecule has 0 bridgehead atoms. The van der Waals surface area contributed by atoms with Gasteiger partial charge in [-0.2, -0.15) is 5.48 Å². The third-order valence-electron chi connectivity index (χ3n) is 3.72. The topological polar surface area (TPSA) is 21.3 Å². The number of hydroxylamine groups is 1. The molecule has 1 aromatic carbocycles. The van der Waals surface area contributed by atoms with Crippen LogP contribution >= 0.6 is 0 Å². The summed E-state index contributed by atoms with van der Waals surface area (Å²) in [5, 5.41) is 0. The maximum Gasteiger partial charge on any atom is 0.131 e. The first-order chi connectivity index (χ1) is 7.69. The minimum atomic E-state index is -0.680. The maximum atomic E-state index is 13.8. The summed E-state index contributed by atoms with van der Waals surface area (Å²) < 4.78 is 27.6. The lowest BCUT2D eigenvalue weighted by molar-refractivity contribution is 0.0129. The van der Waals surface area contributed by atoms with Gasteiger partial charge in [0.1, 0.15) is 11.6 Å². The van der Waals surface area contributed by atoms with Gasteiger partial charge >= 0.3 is 0 Å². The molecule has 3 rings (SSSR count). The predicted molar refractivity (Wildman–Crippen MR) is 54.4 cm³/mol. The quantitative estimate of drug-likeness (QED) is 0.835. The second-order valence-electron chi connectivity index (χ2n) is 4.52. The van der Waals surface area contributed by atoms with Crippen molar-refractivity contribution in [3.8, 4) is 0 Å². The molecule has 1 saturated heterocycles. The van der Waals surface area contributed by atoms with Crippen molar-refractivity contribution in [1.82, 2.24) is 5.48 Å². The van der Waals surface area contributed by atoms with Crippen LogP contribution in [0.25, 0.3) is 0 Å². The fraction of sp³-hybridized carbons (Fsp3) is 0.500. The summed E-state index contributed by atoms with van der Waals surface area (Å²) in [6.45, 7) is 1.92. The number of hydrogen-bond donors (Lipinski definition) is 1. The largest absolute Gasteiger partial charge is 0.297 e. The Labute approximate surface area is 92.6 Å². The van der Waals surface area contributed by atoms with E-state index in [4.69, 9.17) is 4.84 Å². The Hall–Kier alpha value is -1.00. The molecule has 3 atom stereocenters. The van der Waals surface area contributed by atoms with Crippen LogP contribution < -0.4 is 5.48 Å². The zero-order valence-electron chi connectivity index (χ0n) is 8.97. The van der Waals surface area contributed by atoms with Gasteiger partial charge < -0.3 is 0 Å². The fourth-order valence-corrected chi connectivity index (χ4v) is 2.75. The van der Waals surface area contributed by atoms with E-state index in [1.165, 1.54) is 18.2 Å². The van der Waals surface area contributed by atoms with Crippen molar-refractivity contribution in [2.45, 2.75) is 31.4 Å². The van der Waals surface area contributed by atoms with Gasteiger partial charge in [-0.1, -0.05) is 13.0 Å². The molecule has 0 amide bonds. The van der Waals surface area contributed by atoms with Crippen LogP contribution in [0, 0.1) is 17.6 Å². The summed E-state index contributed by atoms with van der Waals surface area (Å²) >= 11 is 0. The predicted octanol–water partition coefficient (Wildman–Crippen LogP) is 2.49. The molecule has 4 heteroatoms. The van der Waals surface area contributed by atoms with Gasteiger partial charge in [0.25, 0.3) is 0 Å². The molecule has 1 aliphatic heterocycles. The highest BCUT2D eigenvalue weighted by Crippen LogP contribution is 2.54. The minimum Gasteiger partial charge on any atom is -0.297 e. The highest BCUT2D eigenvalue weighted by Gasteiger charge is 2.61. The molecule has 1 aliphatic carbocycles. The van der Waals surface area contributed by atoms with Crippen LogP contribution in [-0.4, -0.2) is 6.10 Å². The third kappa shape index (κ3) is 1.17. The van der Waals surface area contributed by atoms with Crippen LogP contribution in [0.2, 0.25) is 0 Å². The molecule has 3 unspecified atom stereocenters. The molecule has 0 radical (unpaired) electrons. The summed E-state index contributed by atoms with van der Waals surface area (Å²) in [5.41, 5.74) is 2.28. The molecule has 2 fully saturated rings. The van der Waals surface area contributed by atoms with E-state index in [-0.39, 0.29) is 17.6 Å². The van der Waals surface area contributed by atoms with Crippen LogP contribution in [0.4, 0.5) is 8.78 Å². The van der Waals surface area contributed by atoms with Gasteiger partial charge in [0.2, 0.25) is 0 Å². The second-order valence-corrected chi connectivity index (χ2v) is 4.52. The zero-order valence-corrected chi connectivity index (χ0v) is 8.97. The highest BCUT2D eigenvalue weighted by molar-refractivity contribution is 5.32. The Morgan fingerprint density at radius 1 is 1.44 bits per heavy atom. The smallest absolute Gasteiger partial charge is 0.131 e. The van der Waals surface area contributed by atoms with E-state index in [0.29, 0.717) is 6.42 Å². The summed E-state index contributed by atoms with van der Waals surface area (Å²) in [4.78, 5) is 5.31. The monoisotopic (exact) mass is 225 g/mol. The minimum absolute atomic E-state index is 0.124. The van der Waals surface area contributed by atoms with E-state index in [9.17, 15) is 8.78 Å². The zero-order chi connectivity index (χ0) is 11.3. The molecule has 0 spiro atoms. The first kappa shape index (κ1) is 10.2. The number of rotatable bonds is 2. The van der Waals surface area contributed by atoms with Crippen molar-refractivity contribution >= 4 is 0 Å². The number of hydrogen-bond acceptors (Lipinski definition) is 2. The SMILES string of the molecule is CCC1(c2c(F)cccc2F)NOC2CC21. The molecular weight excluding hydrogens is 212 g/mol. The molecule has 86 valence electrons. The summed E-state index contributed by atoms with van der Waals surface area (Å²) in [6, 6.07) is 3.98. The molecule has 0 aromatic heterocycles. The average molecular weight is 225 g/mol. The molecule has 1 N–H and O–H groups in total. The van der Waals surface area contributed by atoms with Crippen LogP contribution in [-0.2, 0) is 10.4 Å². The van der Waals surface area contributed by atoms with Crippen molar-refractivity contribution in [1.29, 1.82) is 0 Å². The fourth-order valence-electron chi connectivity index (χ4n) is 2.75. The normalized spacial score (nSPS) is 36.2. The number of fused-ring (bicyclic) bond motifs is 1. The Bertz CT molecular complexity index is 417. The molecule has 1 saturated carbocycles. The second kappa shape index (κ2) is 3.25. The molecule has 16 heavy (non-hydrogen) atoms. The Kier molecular flexibility index (Phi) is 2.06. The van der Waals surface area contributed by atoms with Gasteiger partial charge in [-0.25, -0.2) is 8.78 Å². The van der Waals surface area contributed by atoms with E-state index >= 15 is 0 Å². The Morgan fingerprint density at radius 3 is 2.56 bits per heavy atom. The van der Waals surface area contributed by atoms with Crippen molar-refractivity contribution < 1.29 is 13.6 Å². The van der Waals surface area contributed by atoms with Crippen molar-refractivity contribution in [3.05, 3.63) is 35.4 Å². The van der Waals surface area contributed by atoms with E-state index in [1.807, 2.05) is 6.92 Å². The van der Waals surface area contributed by atoms with Crippen LogP contribution in [0.5, 0.6) is 0 Å². The van der Waals surface area contributed by atoms with Gasteiger partial charge in [0.15, 0.2) is 0 Å². The molecule has 2 nitrogen and oxygen atoms in total. The first-order valence-electron chi connectivity index (χ1n) is 5.56.